The summed E-state index contributed by atoms with van der Waals surface area (Å²) in [6.45, 7) is 4.68. The standard InChI is InChI=1S/C16H17N5/c1-11-8-12(2)15(17)9-14(11)16-18-19-20-21(16)10-13-6-4-3-5-7-13/h3-9H,10,17H2,1-2H3. The maximum Gasteiger partial charge on any atom is 0.182 e. The minimum Gasteiger partial charge on any atom is -0.398 e. The van der Waals surface area contributed by atoms with E-state index in [1.165, 1.54) is 0 Å². The van der Waals surface area contributed by atoms with Crippen molar-refractivity contribution in [2.75, 3.05) is 5.73 Å². The Morgan fingerprint density at radius 3 is 2.57 bits per heavy atom. The second-order valence-corrected chi connectivity index (χ2v) is 5.17. The molecule has 0 aliphatic carbocycles. The summed E-state index contributed by atoms with van der Waals surface area (Å²) in [5, 5.41) is 12.1. The van der Waals surface area contributed by atoms with Crippen LogP contribution >= 0.6 is 0 Å². The van der Waals surface area contributed by atoms with E-state index in [9.17, 15) is 0 Å². The van der Waals surface area contributed by atoms with Gasteiger partial charge in [-0.15, -0.1) is 5.10 Å². The van der Waals surface area contributed by atoms with E-state index in [0.29, 0.717) is 6.54 Å². The highest BCUT2D eigenvalue weighted by atomic mass is 15.5. The summed E-state index contributed by atoms with van der Waals surface area (Å²) in [5.41, 5.74) is 11.1. The normalized spacial score (nSPS) is 10.8. The number of hydrogen-bond acceptors (Lipinski definition) is 4. The third kappa shape index (κ3) is 2.63. The fourth-order valence-corrected chi connectivity index (χ4v) is 2.37. The van der Waals surface area contributed by atoms with Crippen LogP contribution in [0.4, 0.5) is 5.69 Å². The van der Waals surface area contributed by atoms with Crippen LogP contribution in [0.1, 0.15) is 16.7 Å². The molecule has 5 nitrogen and oxygen atoms in total. The molecule has 3 rings (SSSR count). The minimum atomic E-state index is 0.635. The van der Waals surface area contributed by atoms with Gasteiger partial charge in [0.15, 0.2) is 5.82 Å². The molecule has 1 aromatic heterocycles. The van der Waals surface area contributed by atoms with Crippen LogP contribution in [0, 0.1) is 13.8 Å². The number of aryl methyl sites for hydroxylation is 2. The first-order chi connectivity index (χ1) is 10.1. The van der Waals surface area contributed by atoms with E-state index < -0.39 is 0 Å². The topological polar surface area (TPSA) is 69.6 Å². The lowest BCUT2D eigenvalue weighted by molar-refractivity contribution is 0.653. The number of anilines is 1. The Bertz CT molecular complexity index is 762. The second-order valence-electron chi connectivity index (χ2n) is 5.17. The summed E-state index contributed by atoms with van der Waals surface area (Å²) < 4.78 is 1.80. The van der Waals surface area contributed by atoms with Gasteiger partial charge < -0.3 is 5.73 Å². The molecule has 0 bridgehead atoms. The molecule has 2 N–H and O–H groups in total. The number of benzene rings is 2. The number of aromatic nitrogens is 4. The Balaban J connectivity index is 2.01. The molecule has 0 saturated heterocycles. The van der Waals surface area contributed by atoms with Crippen molar-refractivity contribution >= 4 is 5.69 Å². The van der Waals surface area contributed by atoms with Crippen molar-refractivity contribution in [3.63, 3.8) is 0 Å². The van der Waals surface area contributed by atoms with Crippen molar-refractivity contribution in [2.45, 2.75) is 20.4 Å². The predicted molar refractivity (Wildman–Crippen MR) is 82.7 cm³/mol. The number of rotatable bonds is 3. The molecular weight excluding hydrogens is 262 g/mol. The van der Waals surface area contributed by atoms with Gasteiger partial charge in [-0.3, -0.25) is 0 Å². The van der Waals surface area contributed by atoms with Crippen molar-refractivity contribution in [3.05, 3.63) is 59.2 Å². The SMILES string of the molecule is Cc1cc(C)c(-c2nnnn2Cc2ccccc2)cc1N. The largest absolute Gasteiger partial charge is 0.398 e. The fraction of sp³-hybridized carbons (Fsp3) is 0.188. The summed E-state index contributed by atoms with van der Waals surface area (Å²) in [5.74, 6) is 0.739. The van der Waals surface area contributed by atoms with Gasteiger partial charge in [-0.1, -0.05) is 36.4 Å². The zero-order chi connectivity index (χ0) is 14.8. The van der Waals surface area contributed by atoms with Gasteiger partial charge >= 0.3 is 0 Å². The molecule has 0 atom stereocenters. The first-order valence-corrected chi connectivity index (χ1v) is 6.82. The highest BCUT2D eigenvalue weighted by Crippen LogP contribution is 2.26. The van der Waals surface area contributed by atoms with Gasteiger partial charge in [-0.25, -0.2) is 4.68 Å². The fourth-order valence-electron chi connectivity index (χ4n) is 2.37. The Morgan fingerprint density at radius 1 is 1.05 bits per heavy atom. The maximum atomic E-state index is 6.02. The lowest BCUT2D eigenvalue weighted by Crippen LogP contribution is -2.05. The molecule has 0 fully saturated rings. The quantitative estimate of drug-likeness (QED) is 0.748. The first-order valence-electron chi connectivity index (χ1n) is 6.82. The van der Waals surface area contributed by atoms with Crippen LogP contribution in [-0.2, 0) is 6.54 Å². The Morgan fingerprint density at radius 2 is 1.81 bits per heavy atom. The Labute approximate surface area is 123 Å². The van der Waals surface area contributed by atoms with Crippen LogP contribution in [-0.4, -0.2) is 20.2 Å². The Kier molecular flexibility index (Phi) is 3.39. The molecular formula is C16H17N5. The molecule has 3 aromatic rings. The molecule has 21 heavy (non-hydrogen) atoms. The second kappa shape index (κ2) is 5.36. The first kappa shape index (κ1) is 13.3. The monoisotopic (exact) mass is 279 g/mol. The lowest BCUT2D eigenvalue weighted by Gasteiger charge is -2.10. The van der Waals surface area contributed by atoms with E-state index in [0.717, 1.165) is 33.8 Å². The van der Waals surface area contributed by atoms with Gasteiger partial charge in [0.05, 0.1) is 6.54 Å². The van der Waals surface area contributed by atoms with Crippen LogP contribution in [0.25, 0.3) is 11.4 Å². The van der Waals surface area contributed by atoms with E-state index in [1.807, 2.05) is 38.1 Å². The highest BCUT2D eigenvalue weighted by molar-refractivity contribution is 5.67. The molecule has 0 aliphatic heterocycles. The molecule has 106 valence electrons. The lowest BCUT2D eigenvalue weighted by atomic mass is 10.0. The smallest absolute Gasteiger partial charge is 0.182 e. The van der Waals surface area contributed by atoms with Crippen molar-refractivity contribution in [3.8, 4) is 11.4 Å². The van der Waals surface area contributed by atoms with Crippen LogP contribution in [0.2, 0.25) is 0 Å². The Hall–Kier alpha value is -2.69. The number of nitrogen functional groups attached to an aromatic ring is 1. The maximum absolute atomic E-state index is 6.02. The molecule has 0 aliphatic rings. The number of nitrogens with zero attached hydrogens (tertiary/aromatic N) is 4. The summed E-state index contributed by atoms with van der Waals surface area (Å²) in [4.78, 5) is 0. The van der Waals surface area contributed by atoms with E-state index in [2.05, 4.69) is 33.7 Å². The van der Waals surface area contributed by atoms with Gasteiger partial charge in [-0.2, -0.15) is 0 Å². The van der Waals surface area contributed by atoms with E-state index in [4.69, 9.17) is 5.73 Å². The molecule has 0 saturated carbocycles. The van der Waals surface area contributed by atoms with Crippen LogP contribution < -0.4 is 5.73 Å². The molecule has 1 heterocycles. The average molecular weight is 279 g/mol. The number of nitrogens with two attached hydrogens (primary N) is 1. The zero-order valence-corrected chi connectivity index (χ0v) is 12.1. The average Bonchev–Trinajstić information content (AvgIpc) is 2.92. The van der Waals surface area contributed by atoms with Gasteiger partial charge in [0.25, 0.3) is 0 Å². The van der Waals surface area contributed by atoms with Crippen LogP contribution in [0.15, 0.2) is 42.5 Å². The molecule has 5 heteroatoms. The van der Waals surface area contributed by atoms with Crippen molar-refractivity contribution < 1.29 is 0 Å². The van der Waals surface area contributed by atoms with Gasteiger partial charge in [-0.05, 0) is 47.0 Å². The molecule has 0 radical (unpaired) electrons. The molecule has 0 amide bonds. The van der Waals surface area contributed by atoms with E-state index >= 15 is 0 Å². The molecule has 0 spiro atoms. The summed E-state index contributed by atoms with van der Waals surface area (Å²) >= 11 is 0. The van der Waals surface area contributed by atoms with Gasteiger partial charge in [0.2, 0.25) is 0 Å². The summed E-state index contributed by atoms with van der Waals surface area (Å²) in [7, 11) is 0. The van der Waals surface area contributed by atoms with Crippen molar-refractivity contribution in [1.82, 2.24) is 20.2 Å². The minimum absolute atomic E-state index is 0.635. The van der Waals surface area contributed by atoms with Crippen molar-refractivity contribution in [1.29, 1.82) is 0 Å². The summed E-state index contributed by atoms with van der Waals surface area (Å²) in [6, 6.07) is 14.1. The summed E-state index contributed by atoms with van der Waals surface area (Å²) in [6.07, 6.45) is 0. The van der Waals surface area contributed by atoms with E-state index in [1.54, 1.807) is 4.68 Å². The van der Waals surface area contributed by atoms with Gasteiger partial charge in [0, 0.05) is 11.3 Å². The third-order valence-corrected chi connectivity index (χ3v) is 3.56. The zero-order valence-electron chi connectivity index (χ0n) is 12.1. The third-order valence-electron chi connectivity index (χ3n) is 3.56. The number of tetrazole rings is 1. The van der Waals surface area contributed by atoms with Crippen molar-refractivity contribution in [2.24, 2.45) is 0 Å². The highest BCUT2D eigenvalue weighted by Gasteiger charge is 2.13. The predicted octanol–water partition coefficient (Wildman–Crippen LogP) is 2.59. The molecule has 0 unspecified atom stereocenters. The van der Waals surface area contributed by atoms with Crippen LogP contribution in [0.5, 0.6) is 0 Å². The van der Waals surface area contributed by atoms with Crippen LogP contribution in [0.3, 0.4) is 0 Å². The molecule has 2 aromatic carbocycles. The van der Waals surface area contributed by atoms with E-state index in [-0.39, 0.29) is 0 Å². The number of hydrogen-bond donors (Lipinski definition) is 1. The van der Waals surface area contributed by atoms with Gasteiger partial charge in [0.1, 0.15) is 0 Å².